The van der Waals surface area contributed by atoms with E-state index in [4.69, 9.17) is 0 Å². The number of aryl methyl sites for hydroxylation is 2. The van der Waals surface area contributed by atoms with E-state index >= 15 is 0 Å². The second kappa shape index (κ2) is 6.64. The predicted molar refractivity (Wildman–Crippen MR) is 98.5 cm³/mol. The fourth-order valence-corrected chi connectivity index (χ4v) is 4.02. The van der Waals surface area contributed by atoms with E-state index in [1.54, 1.807) is 12.1 Å². The Balaban J connectivity index is 1.92. The zero-order valence-electron chi connectivity index (χ0n) is 14.8. The molecule has 0 bridgehead atoms. The summed E-state index contributed by atoms with van der Waals surface area (Å²) in [5.41, 5.74) is 4.03. The quantitative estimate of drug-likeness (QED) is 0.842. The topological polar surface area (TPSA) is 54.5 Å². The van der Waals surface area contributed by atoms with Gasteiger partial charge in [0.05, 0.1) is 10.9 Å². The highest BCUT2D eigenvalue weighted by atomic mass is 32.2. The normalized spacial score (nSPS) is 17.7. The second-order valence-corrected chi connectivity index (χ2v) is 8.82. The van der Waals surface area contributed by atoms with Crippen LogP contribution in [0.4, 0.5) is 0 Å². The first kappa shape index (κ1) is 17.7. The Morgan fingerprint density at radius 3 is 2.52 bits per heavy atom. The molecule has 1 aliphatic heterocycles. The molecule has 2 aromatic carbocycles. The van der Waals surface area contributed by atoms with Gasteiger partial charge in [-0.2, -0.15) is 0 Å². The van der Waals surface area contributed by atoms with E-state index in [0.717, 1.165) is 24.7 Å². The highest BCUT2D eigenvalue weighted by Gasteiger charge is 2.31. The fraction of sp³-hybridized carbons (Fsp3) is 0.350. The Morgan fingerprint density at radius 1 is 1.08 bits per heavy atom. The molecule has 1 aliphatic rings. The number of rotatable bonds is 3. The number of nitrogens with zero attached hydrogens (tertiary/aromatic N) is 1. The number of benzene rings is 2. The molecule has 0 saturated carbocycles. The van der Waals surface area contributed by atoms with Crippen LogP contribution in [-0.2, 0) is 9.84 Å². The Bertz CT molecular complexity index is 918. The van der Waals surface area contributed by atoms with Crippen LogP contribution in [0.15, 0.2) is 47.4 Å². The lowest BCUT2D eigenvalue weighted by Gasteiger charge is -2.26. The van der Waals surface area contributed by atoms with Crippen molar-refractivity contribution in [3.63, 3.8) is 0 Å². The van der Waals surface area contributed by atoms with Crippen molar-refractivity contribution in [3.05, 3.63) is 64.7 Å². The predicted octanol–water partition coefficient (Wildman–Crippen LogP) is 3.68. The third-order valence-corrected chi connectivity index (χ3v) is 6.05. The summed E-state index contributed by atoms with van der Waals surface area (Å²) in [6.07, 6.45) is 3.04. The summed E-state index contributed by atoms with van der Waals surface area (Å²) in [6, 6.07) is 12.7. The van der Waals surface area contributed by atoms with Gasteiger partial charge in [-0.3, -0.25) is 4.79 Å². The van der Waals surface area contributed by atoms with E-state index < -0.39 is 9.84 Å². The molecule has 5 heteroatoms. The van der Waals surface area contributed by atoms with Gasteiger partial charge in [0.2, 0.25) is 0 Å². The maximum atomic E-state index is 13.0. The van der Waals surface area contributed by atoms with Crippen molar-refractivity contribution < 1.29 is 13.2 Å². The highest BCUT2D eigenvalue weighted by molar-refractivity contribution is 7.90. The van der Waals surface area contributed by atoms with Crippen LogP contribution in [-0.4, -0.2) is 32.0 Å². The molecule has 2 aromatic rings. The summed E-state index contributed by atoms with van der Waals surface area (Å²) in [5.74, 6) is -0.105. The average molecular weight is 357 g/mol. The Morgan fingerprint density at radius 2 is 1.84 bits per heavy atom. The highest BCUT2D eigenvalue weighted by Crippen LogP contribution is 2.34. The van der Waals surface area contributed by atoms with Gasteiger partial charge >= 0.3 is 0 Å². The van der Waals surface area contributed by atoms with E-state index in [-0.39, 0.29) is 16.8 Å². The first-order valence-corrected chi connectivity index (χ1v) is 10.3. The fourth-order valence-electron chi connectivity index (χ4n) is 3.35. The van der Waals surface area contributed by atoms with Crippen LogP contribution in [0.1, 0.15) is 45.9 Å². The Kier molecular flexibility index (Phi) is 4.69. The Labute approximate surface area is 149 Å². The summed E-state index contributed by atoms with van der Waals surface area (Å²) in [5, 5.41) is 0. The molecule has 132 valence electrons. The van der Waals surface area contributed by atoms with Gasteiger partial charge in [-0.15, -0.1) is 0 Å². The number of sulfone groups is 1. The first-order valence-electron chi connectivity index (χ1n) is 8.45. The van der Waals surface area contributed by atoms with Gasteiger partial charge in [0.15, 0.2) is 9.84 Å². The molecule has 0 aliphatic carbocycles. The second-order valence-electron chi connectivity index (χ2n) is 6.80. The van der Waals surface area contributed by atoms with Gasteiger partial charge in [0, 0.05) is 18.4 Å². The zero-order chi connectivity index (χ0) is 18.2. The van der Waals surface area contributed by atoms with E-state index in [0.29, 0.717) is 12.1 Å². The third-order valence-electron chi connectivity index (χ3n) is 4.94. The average Bonchev–Trinajstić information content (AvgIpc) is 3.05. The molecule has 3 rings (SSSR count). The van der Waals surface area contributed by atoms with Crippen LogP contribution in [0.3, 0.4) is 0 Å². The molecule has 0 aromatic heterocycles. The molecule has 0 spiro atoms. The zero-order valence-corrected chi connectivity index (χ0v) is 15.6. The van der Waals surface area contributed by atoms with Gasteiger partial charge < -0.3 is 4.90 Å². The van der Waals surface area contributed by atoms with Crippen LogP contribution in [0.2, 0.25) is 0 Å². The van der Waals surface area contributed by atoms with Crippen molar-refractivity contribution in [3.8, 4) is 0 Å². The van der Waals surface area contributed by atoms with Crippen molar-refractivity contribution in [2.24, 2.45) is 0 Å². The van der Waals surface area contributed by atoms with Crippen molar-refractivity contribution in [2.45, 2.75) is 37.6 Å². The summed E-state index contributed by atoms with van der Waals surface area (Å²) in [4.78, 5) is 15.0. The van der Waals surface area contributed by atoms with Gasteiger partial charge in [-0.25, -0.2) is 8.42 Å². The minimum atomic E-state index is -3.33. The van der Waals surface area contributed by atoms with E-state index in [1.807, 2.05) is 4.90 Å². The van der Waals surface area contributed by atoms with Gasteiger partial charge in [-0.05, 0) is 61.6 Å². The minimum Gasteiger partial charge on any atom is -0.332 e. The standard InChI is InChI=1S/C20H23NO3S/c1-14-9-10-16(12-15(14)2)19-8-5-11-21(19)20(22)17-6-4-7-18(13-17)25(3,23)24/h4,6-7,9-10,12-13,19H,5,8,11H2,1-3H3. The van der Waals surface area contributed by atoms with E-state index in [2.05, 4.69) is 32.0 Å². The smallest absolute Gasteiger partial charge is 0.254 e. The molecule has 1 amide bonds. The monoisotopic (exact) mass is 357 g/mol. The summed E-state index contributed by atoms with van der Waals surface area (Å²) < 4.78 is 23.5. The van der Waals surface area contributed by atoms with Crippen LogP contribution in [0, 0.1) is 13.8 Å². The molecule has 1 unspecified atom stereocenters. The van der Waals surface area contributed by atoms with E-state index in [9.17, 15) is 13.2 Å². The maximum absolute atomic E-state index is 13.0. The lowest BCUT2D eigenvalue weighted by Crippen LogP contribution is -2.30. The van der Waals surface area contributed by atoms with Crippen molar-refractivity contribution in [1.82, 2.24) is 4.90 Å². The largest absolute Gasteiger partial charge is 0.332 e. The number of carbonyl (C=O) groups excluding carboxylic acids is 1. The lowest BCUT2D eigenvalue weighted by atomic mass is 9.99. The van der Waals surface area contributed by atoms with Crippen LogP contribution in [0.25, 0.3) is 0 Å². The van der Waals surface area contributed by atoms with Gasteiger partial charge in [-0.1, -0.05) is 24.3 Å². The van der Waals surface area contributed by atoms with Crippen LogP contribution >= 0.6 is 0 Å². The molecule has 1 heterocycles. The molecule has 4 nitrogen and oxygen atoms in total. The SMILES string of the molecule is Cc1ccc(C2CCCN2C(=O)c2cccc(S(C)(=O)=O)c2)cc1C. The van der Waals surface area contributed by atoms with E-state index in [1.165, 1.54) is 23.3 Å². The number of hydrogen-bond donors (Lipinski definition) is 0. The number of hydrogen-bond acceptors (Lipinski definition) is 3. The van der Waals surface area contributed by atoms with Gasteiger partial charge in [0.1, 0.15) is 0 Å². The molecule has 1 saturated heterocycles. The molecule has 1 atom stereocenters. The summed E-state index contributed by atoms with van der Waals surface area (Å²) in [6.45, 7) is 4.85. The number of carbonyl (C=O) groups is 1. The van der Waals surface area contributed by atoms with Crippen molar-refractivity contribution >= 4 is 15.7 Å². The molecule has 0 N–H and O–H groups in total. The molecule has 1 fully saturated rings. The Hall–Kier alpha value is -2.14. The summed E-state index contributed by atoms with van der Waals surface area (Å²) >= 11 is 0. The van der Waals surface area contributed by atoms with Crippen molar-refractivity contribution in [2.75, 3.05) is 12.8 Å². The lowest BCUT2D eigenvalue weighted by molar-refractivity contribution is 0.0735. The molecular formula is C20H23NO3S. The van der Waals surface area contributed by atoms with Crippen molar-refractivity contribution in [1.29, 1.82) is 0 Å². The molecular weight excluding hydrogens is 334 g/mol. The number of likely N-dealkylation sites (tertiary alicyclic amines) is 1. The van der Waals surface area contributed by atoms with Crippen LogP contribution < -0.4 is 0 Å². The molecule has 25 heavy (non-hydrogen) atoms. The van der Waals surface area contributed by atoms with Gasteiger partial charge in [0.25, 0.3) is 5.91 Å². The molecule has 0 radical (unpaired) electrons. The first-order chi connectivity index (χ1) is 11.8. The minimum absolute atomic E-state index is 0.0497. The van der Waals surface area contributed by atoms with Crippen LogP contribution in [0.5, 0.6) is 0 Å². The third kappa shape index (κ3) is 3.61. The maximum Gasteiger partial charge on any atom is 0.254 e. The number of amides is 1. The summed E-state index contributed by atoms with van der Waals surface area (Å²) in [7, 11) is -3.33.